The zero-order chi connectivity index (χ0) is 6.69. The van der Waals surface area contributed by atoms with E-state index in [4.69, 9.17) is 0 Å². The van der Waals surface area contributed by atoms with Crippen molar-refractivity contribution in [3.05, 3.63) is 22.4 Å². The van der Waals surface area contributed by atoms with E-state index < -0.39 is 0 Å². The molecule has 0 atom stereocenters. The Morgan fingerprint density at radius 1 is 1.44 bits per heavy atom. The first kappa shape index (κ1) is 6.68. The molecular formula is C6H7BrN2. The SMILES string of the molecule is CCc1ccc(Br)nn1. The highest BCUT2D eigenvalue weighted by Crippen LogP contribution is 2.02. The first-order chi connectivity index (χ1) is 4.33. The summed E-state index contributed by atoms with van der Waals surface area (Å²) in [6.45, 7) is 2.05. The quantitative estimate of drug-likeness (QED) is 0.669. The normalized spacial score (nSPS) is 9.56. The van der Waals surface area contributed by atoms with Crippen molar-refractivity contribution < 1.29 is 0 Å². The number of halogens is 1. The van der Waals surface area contributed by atoms with Crippen LogP contribution in [0.25, 0.3) is 0 Å². The van der Waals surface area contributed by atoms with Gasteiger partial charge in [0.05, 0.1) is 5.69 Å². The zero-order valence-corrected chi connectivity index (χ0v) is 6.72. The van der Waals surface area contributed by atoms with Crippen LogP contribution in [0.3, 0.4) is 0 Å². The van der Waals surface area contributed by atoms with Gasteiger partial charge in [0.25, 0.3) is 0 Å². The molecule has 0 aliphatic rings. The molecule has 1 aromatic heterocycles. The summed E-state index contributed by atoms with van der Waals surface area (Å²) in [4.78, 5) is 0. The average molecular weight is 187 g/mol. The second-order valence-corrected chi connectivity index (χ2v) is 2.51. The Morgan fingerprint density at radius 3 is 2.67 bits per heavy atom. The maximum atomic E-state index is 3.90. The van der Waals surface area contributed by atoms with Crippen molar-refractivity contribution in [1.29, 1.82) is 0 Å². The van der Waals surface area contributed by atoms with Crippen molar-refractivity contribution in [2.45, 2.75) is 13.3 Å². The third kappa shape index (κ3) is 1.75. The van der Waals surface area contributed by atoms with Gasteiger partial charge in [0.2, 0.25) is 0 Å². The van der Waals surface area contributed by atoms with Crippen molar-refractivity contribution in [2.24, 2.45) is 0 Å². The number of hydrogen-bond acceptors (Lipinski definition) is 2. The van der Waals surface area contributed by atoms with Crippen molar-refractivity contribution in [3.8, 4) is 0 Å². The maximum Gasteiger partial charge on any atom is 0.128 e. The van der Waals surface area contributed by atoms with Crippen LogP contribution in [0.2, 0.25) is 0 Å². The molecule has 0 aromatic carbocycles. The number of aryl methyl sites for hydroxylation is 1. The molecule has 0 N–H and O–H groups in total. The molecule has 0 unspecified atom stereocenters. The molecular weight excluding hydrogens is 180 g/mol. The van der Waals surface area contributed by atoms with Gasteiger partial charge in [-0.1, -0.05) is 6.92 Å². The zero-order valence-electron chi connectivity index (χ0n) is 5.13. The van der Waals surface area contributed by atoms with E-state index in [1.165, 1.54) is 0 Å². The van der Waals surface area contributed by atoms with Gasteiger partial charge in [-0.25, -0.2) is 0 Å². The predicted molar refractivity (Wildman–Crippen MR) is 39.1 cm³/mol. The minimum absolute atomic E-state index is 0.791. The molecule has 0 saturated carbocycles. The van der Waals surface area contributed by atoms with Crippen LogP contribution in [0.15, 0.2) is 16.7 Å². The minimum atomic E-state index is 0.791. The summed E-state index contributed by atoms with van der Waals surface area (Å²) in [5.74, 6) is 0. The third-order valence-corrected chi connectivity index (χ3v) is 1.47. The highest BCUT2D eigenvalue weighted by molar-refractivity contribution is 9.10. The Bertz CT molecular complexity index is 183. The molecule has 1 aromatic rings. The summed E-state index contributed by atoms with van der Waals surface area (Å²) < 4.78 is 0.791. The second-order valence-electron chi connectivity index (χ2n) is 1.70. The lowest BCUT2D eigenvalue weighted by Gasteiger charge is -1.90. The first-order valence-corrected chi connectivity index (χ1v) is 3.60. The monoisotopic (exact) mass is 186 g/mol. The van der Waals surface area contributed by atoms with Crippen LogP contribution < -0.4 is 0 Å². The topological polar surface area (TPSA) is 25.8 Å². The number of rotatable bonds is 1. The molecule has 0 aliphatic carbocycles. The van der Waals surface area contributed by atoms with Crippen LogP contribution in [0.1, 0.15) is 12.6 Å². The molecule has 2 nitrogen and oxygen atoms in total. The Balaban J connectivity index is 2.88. The molecule has 0 bridgehead atoms. The molecule has 0 amide bonds. The molecule has 48 valence electrons. The summed E-state index contributed by atoms with van der Waals surface area (Å²) in [5, 5.41) is 7.72. The van der Waals surface area contributed by atoms with Crippen LogP contribution in [-0.4, -0.2) is 10.2 Å². The van der Waals surface area contributed by atoms with Crippen molar-refractivity contribution in [3.63, 3.8) is 0 Å². The lowest BCUT2D eigenvalue weighted by molar-refractivity contribution is 0.905. The van der Waals surface area contributed by atoms with Gasteiger partial charge in [-0.3, -0.25) is 0 Å². The highest BCUT2D eigenvalue weighted by Gasteiger charge is 1.89. The van der Waals surface area contributed by atoms with E-state index in [0.29, 0.717) is 0 Å². The van der Waals surface area contributed by atoms with Gasteiger partial charge in [-0.05, 0) is 34.5 Å². The largest absolute Gasteiger partial charge is 0.155 e. The van der Waals surface area contributed by atoms with Crippen LogP contribution in [0.4, 0.5) is 0 Å². The lowest BCUT2D eigenvalue weighted by Crippen LogP contribution is -1.88. The second kappa shape index (κ2) is 2.92. The summed E-state index contributed by atoms with van der Waals surface area (Å²) in [7, 11) is 0. The van der Waals surface area contributed by atoms with Gasteiger partial charge in [-0.15, -0.1) is 5.10 Å². The molecule has 0 aliphatic heterocycles. The van der Waals surface area contributed by atoms with Crippen molar-refractivity contribution in [1.82, 2.24) is 10.2 Å². The number of aromatic nitrogens is 2. The highest BCUT2D eigenvalue weighted by atomic mass is 79.9. The van der Waals surface area contributed by atoms with E-state index >= 15 is 0 Å². The van der Waals surface area contributed by atoms with Crippen LogP contribution >= 0.6 is 15.9 Å². The molecule has 1 rings (SSSR count). The van der Waals surface area contributed by atoms with Gasteiger partial charge in [0.1, 0.15) is 4.60 Å². The summed E-state index contributed by atoms with van der Waals surface area (Å²) >= 11 is 3.20. The molecule has 3 heteroatoms. The van der Waals surface area contributed by atoms with Crippen molar-refractivity contribution in [2.75, 3.05) is 0 Å². The van der Waals surface area contributed by atoms with Gasteiger partial charge >= 0.3 is 0 Å². The minimum Gasteiger partial charge on any atom is -0.155 e. The summed E-state index contributed by atoms with van der Waals surface area (Å²) in [6.07, 6.45) is 0.945. The maximum absolute atomic E-state index is 3.90. The Labute approximate surface area is 62.4 Å². The summed E-state index contributed by atoms with van der Waals surface area (Å²) in [5.41, 5.74) is 1.03. The third-order valence-electron chi connectivity index (χ3n) is 1.05. The fourth-order valence-electron chi connectivity index (χ4n) is 0.532. The fraction of sp³-hybridized carbons (Fsp3) is 0.333. The van der Waals surface area contributed by atoms with Gasteiger partial charge in [-0.2, -0.15) is 5.10 Å². The first-order valence-electron chi connectivity index (χ1n) is 2.81. The van der Waals surface area contributed by atoms with Gasteiger partial charge in [0.15, 0.2) is 0 Å². The molecule has 1 heterocycles. The Hall–Kier alpha value is -0.440. The fourth-order valence-corrected chi connectivity index (χ4v) is 0.744. The number of nitrogens with zero attached hydrogens (tertiary/aromatic N) is 2. The summed E-state index contributed by atoms with van der Waals surface area (Å²) in [6, 6.07) is 3.85. The van der Waals surface area contributed by atoms with Crippen molar-refractivity contribution >= 4 is 15.9 Å². The average Bonchev–Trinajstić information content (AvgIpc) is 1.90. The van der Waals surface area contributed by atoms with E-state index in [-0.39, 0.29) is 0 Å². The standard InChI is InChI=1S/C6H7BrN2/c1-2-5-3-4-6(7)9-8-5/h3-4H,2H2,1H3. The van der Waals surface area contributed by atoms with Crippen LogP contribution in [0, 0.1) is 0 Å². The van der Waals surface area contributed by atoms with E-state index in [2.05, 4.69) is 33.1 Å². The Morgan fingerprint density at radius 2 is 2.22 bits per heavy atom. The van der Waals surface area contributed by atoms with Gasteiger partial charge < -0.3 is 0 Å². The molecule has 0 radical (unpaired) electrons. The van der Waals surface area contributed by atoms with E-state index in [0.717, 1.165) is 16.7 Å². The molecule has 9 heavy (non-hydrogen) atoms. The smallest absolute Gasteiger partial charge is 0.128 e. The van der Waals surface area contributed by atoms with Crippen LogP contribution in [-0.2, 0) is 6.42 Å². The molecule has 0 spiro atoms. The van der Waals surface area contributed by atoms with E-state index in [9.17, 15) is 0 Å². The number of hydrogen-bond donors (Lipinski definition) is 0. The molecule has 0 fully saturated rings. The molecule has 0 saturated heterocycles. The van der Waals surface area contributed by atoms with Gasteiger partial charge in [0, 0.05) is 0 Å². The lowest BCUT2D eigenvalue weighted by atomic mass is 10.3. The Kier molecular flexibility index (Phi) is 2.16. The van der Waals surface area contributed by atoms with E-state index in [1.807, 2.05) is 12.1 Å². The van der Waals surface area contributed by atoms with Crippen LogP contribution in [0.5, 0.6) is 0 Å². The predicted octanol–water partition coefficient (Wildman–Crippen LogP) is 1.80. The van der Waals surface area contributed by atoms with E-state index in [1.54, 1.807) is 0 Å².